The molecule has 0 saturated heterocycles. The molecule has 1 heterocycles. The van der Waals surface area contributed by atoms with Crippen molar-refractivity contribution in [3.63, 3.8) is 0 Å². The van der Waals surface area contributed by atoms with Crippen molar-refractivity contribution in [1.82, 2.24) is 10.5 Å². The summed E-state index contributed by atoms with van der Waals surface area (Å²) >= 11 is 0. The Kier molecular flexibility index (Phi) is 5.31. The van der Waals surface area contributed by atoms with Crippen molar-refractivity contribution in [2.45, 2.75) is 13.2 Å². The first-order chi connectivity index (χ1) is 12.2. The summed E-state index contributed by atoms with van der Waals surface area (Å²) in [5.41, 5.74) is 1.93. The topological polar surface area (TPSA) is 73.6 Å². The summed E-state index contributed by atoms with van der Waals surface area (Å²) in [4.78, 5) is 12.1. The Hall–Kier alpha value is -3.28. The van der Waals surface area contributed by atoms with Crippen LogP contribution in [-0.2, 0) is 13.2 Å². The van der Waals surface area contributed by atoms with E-state index in [2.05, 4.69) is 10.5 Å². The van der Waals surface area contributed by atoms with Crippen molar-refractivity contribution in [3.8, 4) is 11.6 Å². The average molecular weight is 338 g/mol. The molecule has 25 heavy (non-hydrogen) atoms. The smallest absolute Gasteiger partial charge is 0.290 e. The van der Waals surface area contributed by atoms with Gasteiger partial charge in [0.05, 0.1) is 13.2 Å². The fourth-order valence-electron chi connectivity index (χ4n) is 2.22. The minimum Gasteiger partial charge on any atom is -0.497 e. The van der Waals surface area contributed by atoms with Crippen molar-refractivity contribution in [3.05, 3.63) is 77.6 Å². The molecule has 0 fully saturated rings. The van der Waals surface area contributed by atoms with Crippen molar-refractivity contribution >= 4 is 5.91 Å². The van der Waals surface area contributed by atoms with Crippen LogP contribution in [0.5, 0.6) is 11.6 Å². The average Bonchev–Trinajstić information content (AvgIpc) is 3.14. The fourth-order valence-corrected chi connectivity index (χ4v) is 2.22. The molecule has 6 heteroatoms. The highest BCUT2D eigenvalue weighted by Crippen LogP contribution is 2.15. The highest BCUT2D eigenvalue weighted by atomic mass is 16.5. The van der Waals surface area contributed by atoms with Crippen molar-refractivity contribution in [1.29, 1.82) is 0 Å². The number of nitrogens with zero attached hydrogens (tertiary/aromatic N) is 1. The molecule has 0 spiro atoms. The van der Waals surface area contributed by atoms with E-state index in [1.807, 2.05) is 54.6 Å². The zero-order valence-corrected chi connectivity index (χ0v) is 13.8. The van der Waals surface area contributed by atoms with Gasteiger partial charge in [0, 0.05) is 6.54 Å². The first-order valence-electron chi connectivity index (χ1n) is 7.79. The third kappa shape index (κ3) is 4.60. The minimum absolute atomic E-state index is 0.103. The summed E-state index contributed by atoms with van der Waals surface area (Å²) in [6.45, 7) is 0.717. The molecule has 3 rings (SSSR count). The SMILES string of the molecule is COc1cccc(CNC(=O)c2cc(OCc3ccccc3)no2)c1. The van der Waals surface area contributed by atoms with Crippen LogP contribution in [-0.4, -0.2) is 18.2 Å². The summed E-state index contributed by atoms with van der Waals surface area (Å²) < 4.78 is 15.7. The standard InChI is InChI=1S/C19H18N2O4/c1-23-16-9-5-8-15(10-16)12-20-19(22)17-11-18(21-25-17)24-13-14-6-3-2-4-7-14/h2-11H,12-13H2,1H3,(H,20,22). The summed E-state index contributed by atoms with van der Waals surface area (Å²) in [5, 5.41) is 6.53. The second-order valence-electron chi connectivity index (χ2n) is 5.34. The molecule has 0 unspecified atom stereocenters. The second-order valence-corrected chi connectivity index (χ2v) is 5.34. The Labute approximate surface area is 145 Å². The van der Waals surface area contributed by atoms with Gasteiger partial charge in [-0.15, -0.1) is 0 Å². The van der Waals surface area contributed by atoms with Crippen LogP contribution in [0.4, 0.5) is 0 Å². The van der Waals surface area contributed by atoms with Crippen LogP contribution < -0.4 is 14.8 Å². The Morgan fingerprint density at radius 3 is 2.68 bits per heavy atom. The molecule has 1 N–H and O–H groups in total. The number of nitrogens with one attached hydrogen (secondary N) is 1. The van der Waals surface area contributed by atoms with Crippen molar-refractivity contribution in [2.75, 3.05) is 7.11 Å². The van der Waals surface area contributed by atoms with E-state index in [0.717, 1.165) is 16.9 Å². The van der Waals surface area contributed by atoms with Gasteiger partial charge >= 0.3 is 0 Å². The number of methoxy groups -OCH3 is 1. The van der Waals surface area contributed by atoms with Gasteiger partial charge in [0.15, 0.2) is 0 Å². The van der Waals surface area contributed by atoms with E-state index in [9.17, 15) is 4.79 Å². The van der Waals surface area contributed by atoms with Crippen LogP contribution in [0.15, 0.2) is 65.2 Å². The molecule has 6 nitrogen and oxygen atoms in total. The summed E-state index contributed by atoms with van der Waals surface area (Å²) in [5.74, 6) is 0.759. The Morgan fingerprint density at radius 1 is 1.08 bits per heavy atom. The molecule has 1 amide bonds. The molecule has 0 bridgehead atoms. The van der Waals surface area contributed by atoms with Gasteiger partial charge in [-0.2, -0.15) is 0 Å². The van der Waals surface area contributed by atoms with E-state index >= 15 is 0 Å². The van der Waals surface area contributed by atoms with Crippen molar-refractivity contribution < 1.29 is 18.8 Å². The molecule has 0 atom stereocenters. The highest BCUT2D eigenvalue weighted by Gasteiger charge is 2.13. The van der Waals surface area contributed by atoms with Crippen LogP contribution in [0, 0.1) is 0 Å². The highest BCUT2D eigenvalue weighted by molar-refractivity contribution is 5.91. The molecule has 0 aliphatic heterocycles. The van der Waals surface area contributed by atoms with Crippen LogP contribution in [0.2, 0.25) is 0 Å². The van der Waals surface area contributed by atoms with Crippen LogP contribution >= 0.6 is 0 Å². The molecular formula is C19H18N2O4. The number of ether oxygens (including phenoxy) is 2. The maximum Gasteiger partial charge on any atom is 0.290 e. The molecule has 1 aromatic heterocycles. The lowest BCUT2D eigenvalue weighted by atomic mass is 10.2. The Bertz CT molecular complexity index is 830. The largest absolute Gasteiger partial charge is 0.497 e. The fraction of sp³-hybridized carbons (Fsp3) is 0.158. The monoisotopic (exact) mass is 338 g/mol. The van der Waals surface area contributed by atoms with E-state index in [-0.39, 0.29) is 17.5 Å². The summed E-state index contributed by atoms with van der Waals surface area (Å²) in [6.07, 6.45) is 0. The Balaban J connectivity index is 1.53. The van der Waals surface area contributed by atoms with E-state index < -0.39 is 0 Å². The van der Waals surface area contributed by atoms with E-state index in [0.29, 0.717) is 13.2 Å². The molecule has 0 aliphatic rings. The van der Waals surface area contributed by atoms with Crippen molar-refractivity contribution in [2.24, 2.45) is 0 Å². The number of hydrogen-bond donors (Lipinski definition) is 1. The van der Waals surface area contributed by atoms with Gasteiger partial charge in [-0.05, 0) is 28.4 Å². The number of hydrogen-bond acceptors (Lipinski definition) is 5. The van der Waals surface area contributed by atoms with Gasteiger partial charge in [0.2, 0.25) is 5.76 Å². The lowest BCUT2D eigenvalue weighted by Gasteiger charge is -2.05. The van der Waals surface area contributed by atoms with Gasteiger partial charge in [-0.1, -0.05) is 42.5 Å². The number of amides is 1. The lowest BCUT2D eigenvalue weighted by molar-refractivity contribution is 0.0913. The van der Waals surface area contributed by atoms with Gasteiger partial charge in [-0.25, -0.2) is 0 Å². The number of carbonyl (C=O) groups excluding carboxylic acids is 1. The molecule has 0 aliphatic carbocycles. The number of carbonyl (C=O) groups is 1. The predicted octanol–water partition coefficient (Wildman–Crippen LogP) is 3.19. The quantitative estimate of drug-likeness (QED) is 0.716. The maximum absolute atomic E-state index is 12.1. The molecule has 0 saturated carbocycles. The normalized spacial score (nSPS) is 10.3. The van der Waals surface area contributed by atoms with Gasteiger partial charge in [0.1, 0.15) is 12.4 Å². The van der Waals surface area contributed by atoms with Gasteiger partial charge in [-0.3, -0.25) is 4.79 Å². The number of aromatic nitrogens is 1. The van der Waals surface area contributed by atoms with Crippen LogP contribution in [0.3, 0.4) is 0 Å². The number of rotatable bonds is 7. The molecule has 2 aromatic carbocycles. The summed E-state index contributed by atoms with van der Waals surface area (Å²) in [6, 6.07) is 18.6. The van der Waals surface area contributed by atoms with E-state index in [1.54, 1.807) is 7.11 Å². The van der Waals surface area contributed by atoms with E-state index in [1.165, 1.54) is 6.07 Å². The third-order valence-corrected chi connectivity index (χ3v) is 3.53. The van der Waals surface area contributed by atoms with E-state index in [4.69, 9.17) is 14.0 Å². The zero-order valence-electron chi connectivity index (χ0n) is 13.8. The Morgan fingerprint density at radius 2 is 1.88 bits per heavy atom. The predicted molar refractivity (Wildman–Crippen MR) is 91.4 cm³/mol. The molecule has 128 valence electrons. The van der Waals surface area contributed by atoms with Gasteiger partial charge in [0.25, 0.3) is 11.8 Å². The van der Waals surface area contributed by atoms with Crippen LogP contribution in [0.25, 0.3) is 0 Å². The minimum atomic E-state index is -0.357. The zero-order chi connectivity index (χ0) is 17.5. The summed E-state index contributed by atoms with van der Waals surface area (Å²) in [7, 11) is 1.60. The van der Waals surface area contributed by atoms with Crippen LogP contribution in [0.1, 0.15) is 21.7 Å². The molecule has 3 aromatic rings. The number of benzene rings is 2. The first-order valence-corrected chi connectivity index (χ1v) is 7.79. The first kappa shape index (κ1) is 16.6. The lowest BCUT2D eigenvalue weighted by Crippen LogP contribution is -2.22. The molecule has 0 radical (unpaired) electrons. The molecular weight excluding hydrogens is 320 g/mol. The maximum atomic E-state index is 12.1. The van der Waals surface area contributed by atoms with Gasteiger partial charge < -0.3 is 19.3 Å². The second kappa shape index (κ2) is 8.01. The third-order valence-electron chi connectivity index (χ3n) is 3.53.